The van der Waals surface area contributed by atoms with Gasteiger partial charge in [0.2, 0.25) is 0 Å². The summed E-state index contributed by atoms with van der Waals surface area (Å²) in [6, 6.07) is 6.48. The van der Waals surface area contributed by atoms with Gasteiger partial charge in [0, 0.05) is 21.0 Å². The molecule has 0 heterocycles. The van der Waals surface area contributed by atoms with Gasteiger partial charge >= 0.3 is 0 Å². The van der Waals surface area contributed by atoms with Gasteiger partial charge in [-0.15, -0.1) is 0 Å². The minimum Gasteiger partial charge on any atom is -0.395 e. The molecule has 1 aromatic carbocycles. The molecule has 0 radical (unpaired) electrons. The van der Waals surface area contributed by atoms with Crippen LogP contribution in [-0.2, 0) is 0 Å². The molecule has 1 aromatic rings. The molecule has 0 bridgehead atoms. The maximum Gasteiger partial charge on any atom is 0.0587 e. The fraction of sp³-hybridized carbons (Fsp3) is 0.538. The van der Waals surface area contributed by atoms with E-state index in [2.05, 4.69) is 64.0 Å². The van der Waals surface area contributed by atoms with E-state index in [1.54, 1.807) is 0 Å². The maximum atomic E-state index is 9.32. The van der Waals surface area contributed by atoms with Crippen LogP contribution in [0.15, 0.2) is 27.1 Å². The van der Waals surface area contributed by atoms with Gasteiger partial charge in [-0.25, -0.2) is 0 Å². The highest BCUT2D eigenvalue weighted by molar-refractivity contribution is 9.11. The summed E-state index contributed by atoms with van der Waals surface area (Å²) < 4.78 is 2.13. The summed E-state index contributed by atoms with van der Waals surface area (Å²) in [5.41, 5.74) is 1.20. The maximum absolute atomic E-state index is 9.32. The molecule has 2 nitrogen and oxygen atoms in total. The van der Waals surface area contributed by atoms with Crippen LogP contribution in [0.4, 0.5) is 0 Å². The Morgan fingerprint density at radius 2 is 1.88 bits per heavy atom. The van der Waals surface area contributed by atoms with Crippen LogP contribution >= 0.6 is 31.9 Å². The Morgan fingerprint density at radius 3 is 2.35 bits per heavy atom. The van der Waals surface area contributed by atoms with Crippen LogP contribution in [0.2, 0.25) is 0 Å². The summed E-state index contributed by atoms with van der Waals surface area (Å²) in [5.74, 6) is 0.414. The number of nitrogens with one attached hydrogen (secondary N) is 1. The molecule has 17 heavy (non-hydrogen) atoms. The molecule has 2 atom stereocenters. The highest BCUT2D eigenvalue weighted by Crippen LogP contribution is 2.27. The highest BCUT2D eigenvalue weighted by atomic mass is 79.9. The van der Waals surface area contributed by atoms with E-state index in [0.29, 0.717) is 5.92 Å². The van der Waals surface area contributed by atoms with E-state index in [4.69, 9.17) is 0 Å². The third kappa shape index (κ3) is 4.36. The summed E-state index contributed by atoms with van der Waals surface area (Å²) in [5, 5.41) is 12.8. The zero-order valence-electron chi connectivity index (χ0n) is 10.4. The molecule has 0 aliphatic heterocycles. The molecule has 0 aromatic heterocycles. The lowest BCUT2D eigenvalue weighted by Crippen LogP contribution is -2.38. The van der Waals surface area contributed by atoms with Crippen molar-refractivity contribution in [3.05, 3.63) is 32.7 Å². The summed E-state index contributed by atoms with van der Waals surface area (Å²) >= 11 is 7.01. The molecular formula is C13H19Br2NO. The number of rotatable bonds is 5. The van der Waals surface area contributed by atoms with Crippen LogP contribution in [0.3, 0.4) is 0 Å². The van der Waals surface area contributed by atoms with Crippen molar-refractivity contribution in [2.45, 2.75) is 32.9 Å². The number of hydrogen-bond acceptors (Lipinski definition) is 2. The third-order valence-electron chi connectivity index (χ3n) is 2.89. The van der Waals surface area contributed by atoms with Crippen LogP contribution in [0.1, 0.15) is 32.4 Å². The molecule has 0 fully saturated rings. The topological polar surface area (TPSA) is 32.3 Å². The first-order valence-corrected chi connectivity index (χ1v) is 7.36. The Morgan fingerprint density at radius 1 is 1.24 bits per heavy atom. The minimum atomic E-state index is 0.126. The zero-order valence-corrected chi connectivity index (χ0v) is 13.5. The van der Waals surface area contributed by atoms with Crippen LogP contribution in [0.5, 0.6) is 0 Å². The molecular weight excluding hydrogens is 346 g/mol. The summed E-state index contributed by atoms with van der Waals surface area (Å²) in [6.45, 7) is 6.49. The fourth-order valence-electron chi connectivity index (χ4n) is 1.72. The first-order valence-electron chi connectivity index (χ1n) is 5.77. The van der Waals surface area contributed by atoms with Gasteiger partial charge in [-0.2, -0.15) is 0 Å². The highest BCUT2D eigenvalue weighted by Gasteiger charge is 2.17. The van der Waals surface area contributed by atoms with E-state index in [1.165, 1.54) is 5.56 Å². The lowest BCUT2D eigenvalue weighted by atomic mass is 10.0. The quantitative estimate of drug-likeness (QED) is 0.830. The molecule has 0 saturated carbocycles. The van der Waals surface area contributed by atoms with Crippen LogP contribution in [0, 0.1) is 5.92 Å². The minimum absolute atomic E-state index is 0.126. The predicted molar refractivity (Wildman–Crippen MR) is 79.1 cm³/mol. The van der Waals surface area contributed by atoms with Gasteiger partial charge in [-0.05, 0) is 30.5 Å². The van der Waals surface area contributed by atoms with Crippen molar-refractivity contribution in [2.75, 3.05) is 6.61 Å². The standard InChI is InChI=1S/C13H19Br2NO/c1-8(2)13(7-17)16-9(3)11-5-4-10(14)6-12(11)15/h4-6,8-9,13,16-17H,7H2,1-3H3/t9?,13-/m1/s1. The number of aliphatic hydroxyl groups is 1. The smallest absolute Gasteiger partial charge is 0.0587 e. The van der Waals surface area contributed by atoms with Crippen LogP contribution < -0.4 is 5.32 Å². The monoisotopic (exact) mass is 363 g/mol. The average molecular weight is 365 g/mol. The Labute approximate surface area is 120 Å². The zero-order chi connectivity index (χ0) is 13.0. The second kappa shape index (κ2) is 6.88. The van der Waals surface area contributed by atoms with E-state index in [1.807, 2.05) is 12.1 Å². The van der Waals surface area contributed by atoms with Crippen LogP contribution in [-0.4, -0.2) is 17.8 Å². The van der Waals surface area contributed by atoms with Crippen molar-refractivity contribution < 1.29 is 5.11 Å². The summed E-state index contributed by atoms with van der Waals surface area (Å²) in [7, 11) is 0. The number of aliphatic hydroxyl groups excluding tert-OH is 1. The van der Waals surface area contributed by atoms with Crippen molar-refractivity contribution in [3.8, 4) is 0 Å². The summed E-state index contributed by atoms with van der Waals surface area (Å²) in [6.07, 6.45) is 0. The average Bonchev–Trinajstić information content (AvgIpc) is 2.24. The van der Waals surface area contributed by atoms with E-state index >= 15 is 0 Å². The Balaban J connectivity index is 2.78. The lowest BCUT2D eigenvalue weighted by molar-refractivity contribution is 0.201. The van der Waals surface area contributed by atoms with Gasteiger partial charge in [0.15, 0.2) is 0 Å². The molecule has 1 unspecified atom stereocenters. The Kier molecular flexibility index (Phi) is 6.13. The molecule has 0 aliphatic rings. The number of halogens is 2. The molecule has 96 valence electrons. The molecule has 0 amide bonds. The van der Waals surface area contributed by atoms with Gasteiger partial charge in [0.25, 0.3) is 0 Å². The Bertz CT molecular complexity index is 368. The van der Waals surface area contributed by atoms with Gasteiger partial charge in [-0.3, -0.25) is 0 Å². The SMILES string of the molecule is CC(N[C@H](CO)C(C)C)c1ccc(Br)cc1Br. The van der Waals surface area contributed by atoms with Crippen LogP contribution in [0.25, 0.3) is 0 Å². The third-order valence-corrected chi connectivity index (χ3v) is 4.07. The van der Waals surface area contributed by atoms with E-state index in [-0.39, 0.29) is 18.7 Å². The van der Waals surface area contributed by atoms with Gasteiger partial charge < -0.3 is 10.4 Å². The predicted octanol–water partition coefficient (Wildman–Crippen LogP) is 3.88. The first kappa shape index (κ1) is 15.2. The summed E-state index contributed by atoms with van der Waals surface area (Å²) in [4.78, 5) is 0. The number of benzene rings is 1. The molecule has 2 N–H and O–H groups in total. The fourth-order valence-corrected chi connectivity index (χ4v) is 3.11. The molecule has 0 aliphatic carbocycles. The van der Waals surface area contributed by atoms with Crippen molar-refractivity contribution in [2.24, 2.45) is 5.92 Å². The lowest BCUT2D eigenvalue weighted by Gasteiger charge is -2.25. The Hall–Kier alpha value is 0.1000. The second-order valence-electron chi connectivity index (χ2n) is 4.59. The normalized spacial score (nSPS) is 15.0. The van der Waals surface area contributed by atoms with Gasteiger partial charge in [0.05, 0.1) is 6.61 Å². The van der Waals surface area contributed by atoms with Gasteiger partial charge in [-0.1, -0.05) is 51.8 Å². The molecule has 0 spiro atoms. The van der Waals surface area contributed by atoms with Crippen molar-refractivity contribution in [1.82, 2.24) is 5.32 Å². The van der Waals surface area contributed by atoms with Gasteiger partial charge in [0.1, 0.15) is 0 Å². The van der Waals surface area contributed by atoms with E-state index < -0.39 is 0 Å². The van der Waals surface area contributed by atoms with E-state index in [0.717, 1.165) is 8.95 Å². The molecule has 1 rings (SSSR count). The van der Waals surface area contributed by atoms with Crippen molar-refractivity contribution in [3.63, 3.8) is 0 Å². The largest absolute Gasteiger partial charge is 0.395 e. The van der Waals surface area contributed by atoms with Crippen molar-refractivity contribution >= 4 is 31.9 Å². The van der Waals surface area contributed by atoms with Crippen molar-refractivity contribution in [1.29, 1.82) is 0 Å². The van der Waals surface area contributed by atoms with E-state index in [9.17, 15) is 5.11 Å². The first-order chi connectivity index (χ1) is 7.95. The second-order valence-corrected chi connectivity index (χ2v) is 6.36. The molecule has 0 saturated heterocycles. The molecule has 4 heteroatoms. The number of hydrogen-bond donors (Lipinski definition) is 2.